The molecule has 2 heteroatoms. The number of aliphatic hydroxyl groups is 1. The fourth-order valence-electron chi connectivity index (χ4n) is 1.80. The van der Waals surface area contributed by atoms with E-state index in [2.05, 4.69) is 47.8 Å². The van der Waals surface area contributed by atoms with Crippen molar-refractivity contribution in [2.24, 2.45) is 0 Å². The molecule has 0 spiro atoms. The highest BCUT2D eigenvalue weighted by atomic mass is 16.3. The molecular weight excluding hydrogens is 198 g/mol. The molecule has 1 atom stereocenters. The van der Waals surface area contributed by atoms with E-state index in [0.29, 0.717) is 0 Å². The van der Waals surface area contributed by atoms with Crippen LogP contribution in [0.15, 0.2) is 42.5 Å². The Labute approximate surface area is 95.9 Å². The van der Waals surface area contributed by atoms with Crippen LogP contribution in [0.25, 0.3) is 10.8 Å². The van der Waals surface area contributed by atoms with Gasteiger partial charge in [-0.1, -0.05) is 42.5 Å². The third-order valence-corrected chi connectivity index (χ3v) is 2.79. The third-order valence-electron chi connectivity index (χ3n) is 2.79. The largest absolute Gasteiger partial charge is 0.395 e. The quantitative estimate of drug-likeness (QED) is 0.820. The summed E-state index contributed by atoms with van der Waals surface area (Å²) in [6.45, 7) is 2.94. The molecule has 0 bridgehead atoms. The van der Waals surface area contributed by atoms with Gasteiger partial charge < -0.3 is 10.4 Å². The number of fused-ring (bicyclic) bond motifs is 1. The minimum atomic E-state index is 0.138. The van der Waals surface area contributed by atoms with Crippen LogP contribution in [0, 0.1) is 0 Å². The van der Waals surface area contributed by atoms with Crippen molar-refractivity contribution in [2.75, 3.05) is 6.61 Å². The number of rotatable bonds is 4. The first-order valence-corrected chi connectivity index (χ1v) is 5.62. The van der Waals surface area contributed by atoms with E-state index in [1.165, 1.54) is 16.3 Å². The van der Waals surface area contributed by atoms with Crippen molar-refractivity contribution in [1.82, 2.24) is 5.32 Å². The van der Waals surface area contributed by atoms with E-state index < -0.39 is 0 Å². The zero-order chi connectivity index (χ0) is 11.4. The Morgan fingerprint density at radius 2 is 1.88 bits per heavy atom. The van der Waals surface area contributed by atoms with Crippen molar-refractivity contribution in [3.05, 3.63) is 48.0 Å². The van der Waals surface area contributed by atoms with Gasteiger partial charge in [0.15, 0.2) is 0 Å². The first-order chi connectivity index (χ1) is 7.81. The summed E-state index contributed by atoms with van der Waals surface area (Å²) in [4.78, 5) is 0. The van der Waals surface area contributed by atoms with Gasteiger partial charge in [0, 0.05) is 12.6 Å². The van der Waals surface area contributed by atoms with Crippen LogP contribution < -0.4 is 5.32 Å². The molecule has 0 fully saturated rings. The lowest BCUT2D eigenvalue weighted by Gasteiger charge is -2.12. The average Bonchev–Trinajstić information content (AvgIpc) is 2.35. The van der Waals surface area contributed by atoms with Crippen molar-refractivity contribution in [2.45, 2.75) is 19.5 Å². The van der Waals surface area contributed by atoms with Crippen molar-refractivity contribution < 1.29 is 5.11 Å². The van der Waals surface area contributed by atoms with Crippen LogP contribution in [0.4, 0.5) is 0 Å². The molecule has 0 saturated heterocycles. The number of aliphatic hydroxyl groups excluding tert-OH is 1. The molecule has 0 amide bonds. The number of hydrogen-bond acceptors (Lipinski definition) is 2. The lowest BCUT2D eigenvalue weighted by molar-refractivity contribution is 0.251. The molecule has 84 valence electrons. The molecule has 0 aromatic heterocycles. The Balaban J connectivity index is 2.23. The van der Waals surface area contributed by atoms with Crippen LogP contribution in [0.2, 0.25) is 0 Å². The SMILES string of the molecule is C[C@@H](CO)NCc1cccc2ccccc12. The third kappa shape index (κ3) is 2.40. The molecule has 0 radical (unpaired) electrons. The van der Waals surface area contributed by atoms with E-state index in [1.807, 2.05) is 6.92 Å². The zero-order valence-electron chi connectivity index (χ0n) is 9.48. The maximum atomic E-state index is 8.96. The second kappa shape index (κ2) is 5.10. The number of benzene rings is 2. The van der Waals surface area contributed by atoms with Gasteiger partial charge in [0.1, 0.15) is 0 Å². The van der Waals surface area contributed by atoms with Gasteiger partial charge in [-0.25, -0.2) is 0 Å². The van der Waals surface area contributed by atoms with E-state index in [9.17, 15) is 0 Å². The first kappa shape index (κ1) is 11.1. The Kier molecular flexibility index (Phi) is 3.54. The molecule has 0 aliphatic heterocycles. The highest BCUT2D eigenvalue weighted by Crippen LogP contribution is 2.18. The summed E-state index contributed by atoms with van der Waals surface area (Å²) in [5, 5.41) is 14.8. The highest BCUT2D eigenvalue weighted by molar-refractivity contribution is 5.85. The average molecular weight is 215 g/mol. The van der Waals surface area contributed by atoms with E-state index in [1.54, 1.807) is 0 Å². The van der Waals surface area contributed by atoms with Gasteiger partial charge in [-0.05, 0) is 23.3 Å². The minimum absolute atomic E-state index is 0.138. The molecule has 2 rings (SSSR count). The molecule has 0 aliphatic rings. The highest BCUT2D eigenvalue weighted by Gasteiger charge is 2.02. The monoisotopic (exact) mass is 215 g/mol. The summed E-state index contributed by atoms with van der Waals surface area (Å²) >= 11 is 0. The second-order valence-corrected chi connectivity index (χ2v) is 4.10. The predicted octanol–water partition coefficient (Wildman–Crippen LogP) is 2.31. The molecule has 2 aromatic carbocycles. The van der Waals surface area contributed by atoms with Crippen LogP contribution in [-0.2, 0) is 6.54 Å². The molecule has 0 unspecified atom stereocenters. The topological polar surface area (TPSA) is 32.3 Å². The molecule has 16 heavy (non-hydrogen) atoms. The molecule has 2 N–H and O–H groups in total. The van der Waals surface area contributed by atoms with Crippen molar-refractivity contribution in [1.29, 1.82) is 0 Å². The molecular formula is C14H17NO. The predicted molar refractivity (Wildman–Crippen MR) is 67.3 cm³/mol. The molecule has 2 nitrogen and oxygen atoms in total. The van der Waals surface area contributed by atoms with Gasteiger partial charge in [0.25, 0.3) is 0 Å². The summed E-state index contributed by atoms with van der Waals surface area (Å²) in [6.07, 6.45) is 0. The van der Waals surface area contributed by atoms with E-state index in [4.69, 9.17) is 5.11 Å². The summed E-state index contributed by atoms with van der Waals surface area (Å²) in [6, 6.07) is 14.8. The van der Waals surface area contributed by atoms with Gasteiger partial charge >= 0.3 is 0 Å². The summed E-state index contributed by atoms with van der Waals surface area (Å²) in [5.74, 6) is 0. The van der Waals surface area contributed by atoms with E-state index in [0.717, 1.165) is 6.54 Å². The Hall–Kier alpha value is -1.38. The Morgan fingerprint density at radius 3 is 2.69 bits per heavy atom. The summed E-state index contributed by atoms with van der Waals surface area (Å²) in [7, 11) is 0. The van der Waals surface area contributed by atoms with Gasteiger partial charge in [-0.2, -0.15) is 0 Å². The Morgan fingerprint density at radius 1 is 1.12 bits per heavy atom. The smallest absolute Gasteiger partial charge is 0.0582 e. The lowest BCUT2D eigenvalue weighted by atomic mass is 10.0. The summed E-state index contributed by atoms with van der Waals surface area (Å²) < 4.78 is 0. The zero-order valence-corrected chi connectivity index (χ0v) is 9.48. The fourth-order valence-corrected chi connectivity index (χ4v) is 1.80. The maximum Gasteiger partial charge on any atom is 0.0582 e. The van der Waals surface area contributed by atoms with Crippen LogP contribution in [0.1, 0.15) is 12.5 Å². The first-order valence-electron chi connectivity index (χ1n) is 5.62. The van der Waals surface area contributed by atoms with Gasteiger partial charge in [-0.3, -0.25) is 0 Å². The van der Waals surface area contributed by atoms with Gasteiger partial charge in [0.05, 0.1) is 6.61 Å². The van der Waals surface area contributed by atoms with Gasteiger partial charge in [0.2, 0.25) is 0 Å². The number of nitrogens with one attached hydrogen (secondary N) is 1. The molecule has 0 heterocycles. The van der Waals surface area contributed by atoms with Crippen molar-refractivity contribution in [3.63, 3.8) is 0 Å². The molecule has 0 saturated carbocycles. The van der Waals surface area contributed by atoms with Crippen molar-refractivity contribution >= 4 is 10.8 Å². The van der Waals surface area contributed by atoms with Crippen LogP contribution in [-0.4, -0.2) is 17.8 Å². The van der Waals surface area contributed by atoms with E-state index in [-0.39, 0.29) is 12.6 Å². The normalized spacial score (nSPS) is 12.9. The second-order valence-electron chi connectivity index (χ2n) is 4.10. The van der Waals surface area contributed by atoms with Gasteiger partial charge in [-0.15, -0.1) is 0 Å². The lowest BCUT2D eigenvalue weighted by Crippen LogP contribution is -2.28. The summed E-state index contributed by atoms with van der Waals surface area (Å²) in [5.41, 5.74) is 1.28. The van der Waals surface area contributed by atoms with E-state index >= 15 is 0 Å². The maximum absolute atomic E-state index is 8.96. The van der Waals surface area contributed by atoms with Crippen LogP contribution in [0.5, 0.6) is 0 Å². The van der Waals surface area contributed by atoms with Crippen molar-refractivity contribution in [3.8, 4) is 0 Å². The standard InChI is InChI=1S/C14H17NO/c1-11(10-16)15-9-13-7-4-6-12-5-2-3-8-14(12)13/h2-8,11,15-16H,9-10H2,1H3/t11-/m0/s1. The number of hydrogen-bond donors (Lipinski definition) is 2. The fraction of sp³-hybridized carbons (Fsp3) is 0.286. The van der Waals surface area contributed by atoms with Crippen LogP contribution in [0.3, 0.4) is 0 Å². The molecule has 0 aliphatic carbocycles. The molecule has 2 aromatic rings. The Bertz CT molecular complexity index is 462. The van der Waals surface area contributed by atoms with Crippen LogP contribution >= 0.6 is 0 Å². The minimum Gasteiger partial charge on any atom is -0.395 e.